The van der Waals surface area contributed by atoms with Gasteiger partial charge in [-0.3, -0.25) is 0 Å². The lowest BCUT2D eigenvalue weighted by Crippen LogP contribution is -1.81. The standard InChI is InChI=1S/C12H6BrClN2OS/c13-8-5-7(14)6-15-11(8)18-12-16-9-3-1-2-4-10(9)17-12/h1-6H. The zero-order chi connectivity index (χ0) is 12.5. The van der Waals surface area contributed by atoms with Gasteiger partial charge in [-0.2, -0.15) is 0 Å². The Morgan fingerprint density at radius 1 is 1.28 bits per heavy atom. The monoisotopic (exact) mass is 340 g/mol. The highest BCUT2D eigenvalue weighted by molar-refractivity contribution is 9.10. The maximum Gasteiger partial charge on any atom is 0.263 e. The summed E-state index contributed by atoms with van der Waals surface area (Å²) in [7, 11) is 0. The van der Waals surface area contributed by atoms with Crippen LogP contribution < -0.4 is 0 Å². The van der Waals surface area contributed by atoms with Gasteiger partial charge in [0.1, 0.15) is 10.5 Å². The van der Waals surface area contributed by atoms with Gasteiger partial charge >= 0.3 is 0 Å². The molecule has 90 valence electrons. The maximum atomic E-state index is 5.84. The third-order valence-electron chi connectivity index (χ3n) is 2.23. The average Bonchev–Trinajstić information content (AvgIpc) is 2.75. The smallest absolute Gasteiger partial charge is 0.263 e. The Balaban J connectivity index is 1.96. The maximum absolute atomic E-state index is 5.84. The summed E-state index contributed by atoms with van der Waals surface area (Å²) < 4.78 is 6.44. The van der Waals surface area contributed by atoms with Crippen molar-refractivity contribution in [3.05, 3.63) is 46.0 Å². The normalized spacial score (nSPS) is 11.0. The molecule has 0 aliphatic rings. The molecule has 3 rings (SSSR count). The number of oxazole rings is 1. The first kappa shape index (κ1) is 12.0. The van der Waals surface area contributed by atoms with Gasteiger partial charge in [0.2, 0.25) is 0 Å². The molecule has 3 aromatic rings. The molecule has 0 unspecified atom stereocenters. The molecule has 0 atom stereocenters. The van der Waals surface area contributed by atoms with Gasteiger partial charge in [0.25, 0.3) is 5.22 Å². The molecule has 6 heteroatoms. The second kappa shape index (κ2) is 4.91. The summed E-state index contributed by atoms with van der Waals surface area (Å²) in [6, 6.07) is 9.43. The number of nitrogens with zero attached hydrogens (tertiary/aromatic N) is 2. The number of fused-ring (bicyclic) bond motifs is 1. The van der Waals surface area contributed by atoms with Gasteiger partial charge in [-0.15, -0.1) is 0 Å². The van der Waals surface area contributed by atoms with Crippen LogP contribution in [0.4, 0.5) is 0 Å². The average molecular weight is 342 g/mol. The number of para-hydroxylation sites is 2. The van der Waals surface area contributed by atoms with Crippen molar-refractivity contribution in [2.24, 2.45) is 0 Å². The number of halogens is 2. The number of hydrogen-bond acceptors (Lipinski definition) is 4. The van der Waals surface area contributed by atoms with Crippen molar-refractivity contribution in [1.29, 1.82) is 0 Å². The van der Waals surface area contributed by atoms with Crippen LogP contribution in [0.1, 0.15) is 0 Å². The van der Waals surface area contributed by atoms with Crippen molar-refractivity contribution in [2.75, 3.05) is 0 Å². The van der Waals surface area contributed by atoms with Crippen LogP contribution in [-0.2, 0) is 0 Å². The molecule has 0 N–H and O–H groups in total. The molecular weight excluding hydrogens is 336 g/mol. The molecular formula is C12H6BrClN2OS. The number of pyridine rings is 1. The minimum absolute atomic E-state index is 0.562. The molecule has 0 saturated carbocycles. The molecule has 18 heavy (non-hydrogen) atoms. The summed E-state index contributed by atoms with van der Waals surface area (Å²) in [5, 5.41) is 1.92. The molecule has 0 radical (unpaired) electrons. The number of rotatable bonds is 2. The lowest BCUT2D eigenvalue weighted by Gasteiger charge is -1.99. The first-order chi connectivity index (χ1) is 8.72. The molecule has 0 spiro atoms. The van der Waals surface area contributed by atoms with Crippen LogP contribution in [-0.4, -0.2) is 9.97 Å². The molecule has 0 fully saturated rings. The molecule has 2 aromatic heterocycles. The first-order valence-corrected chi connectivity index (χ1v) is 7.05. The molecule has 0 saturated heterocycles. The van der Waals surface area contributed by atoms with Gasteiger partial charge < -0.3 is 4.42 Å². The van der Waals surface area contributed by atoms with Gasteiger partial charge in [-0.1, -0.05) is 23.7 Å². The topological polar surface area (TPSA) is 38.9 Å². The minimum Gasteiger partial charge on any atom is -0.431 e. The van der Waals surface area contributed by atoms with E-state index in [0.29, 0.717) is 10.2 Å². The third-order valence-corrected chi connectivity index (χ3v) is 4.17. The third kappa shape index (κ3) is 2.39. The van der Waals surface area contributed by atoms with E-state index in [1.807, 2.05) is 24.3 Å². The molecule has 0 bridgehead atoms. The zero-order valence-electron chi connectivity index (χ0n) is 8.93. The highest BCUT2D eigenvalue weighted by Crippen LogP contribution is 2.33. The number of benzene rings is 1. The molecule has 0 aliphatic heterocycles. The van der Waals surface area contributed by atoms with Gasteiger partial charge in [-0.05, 0) is 45.9 Å². The summed E-state index contributed by atoms with van der Waals surface area (Å²) in [5.74, 6) is 0. The van der Waals surface area contributed by atoms with E-state index < -0.39 is 0 Å². The van der Waals surface area contributed by atoms with Crippen molar-refractivity contribution in [3.8, 4) is 0 Å². The van der Waals surface area contributed by atoms with E-state index in [9.17, 15) is 0 Å². The van der Waals surface area contributed by atoms with E-state index in [-0.39, 0.29) is 0 Å². The van der Waals surface area contributed by atoms with Crippen molar-refractivity contribution in [2.45, 2.75) is 10.2 Å². The van der Waals surface area contributed by atoms with Crippen LogP contribution in [0.5, 0.6) is 0 Å². The van der Waals surface area contributed by atoms with E-state index in [2.05, 4.69) is 25.9 Å². The van der Waals surface area contributed by atoms with E-state index in [0.717, 1.165) is 20.6 Å². The van der Waals surface area contributed by atoms with Crippen LogP contribution in [0.25, 0.3) is 11.1 Å². The summed E-state index contributed by atoms with van der Waals surface area (Å²) >= 11 is 10.6. The largest absolute Gasteiger partial charge is 0.431 e. The predicted molar refractivity (Wildman–Crippen MR) is 75.1 cm³/mol. The second-order valence-corrected chi connectivity index (χ2v) is 5.72. The molecule has 0 aliphatic carbocycles. The SMILES string of the molecule is Clc1cnc(Sc2nc3ccccc3o2)c(Br)c1. The highest BCUT2D eigenvalue weighted by atomic mass is 79.9. The Kier molecular flexibility index (Phi) is 3.28. The molecule has 3 nitrogen and oxygen atoms in total. The van der Waals surface area contributed by atoms with Crippen LogP contribution in [0, 0.1) is 0 Å². The molecule has 1 aromatic carbocycles. The number of aromatic nitrogens is 2. The second-order valence-electron chi connectivity index (χ2n) is 3.49. The zero-order valence-corrected chi connectivity index (χ0v) is 12.1. The van der Waals surface area contributed by atoms with E-state index in [1.165, 1.54) is 11.8 Å². The molecule has 0 amide bonds. The minimum atomic E-state index is 0.562. The Hall–Kier alpha value is -1.04. The summed E-state index contributed by atoms with van der Waals surface area (Å²) in [4.78, 5) is 8.60. The lowest BCUT2D eigenvalue weighted by atomic mass is 10.3. The van der Waals surface area contributed by atoms with E-state index in [4.69, 9.17) is 16.0 Å². The van der Waals surface area contributed by atoms with Gasteiger partial charge in [0.05, 0.1) is 9.50 Å². The lowest BCUT2D eigenvalue weighted by molar-refractivity contribution is 0.489. The highest BCUT2D eigenvalue weighted by Gasteiger charge is 2.10. The van der Waals surface area contributed by atoms with Crippen LogP contribution in [0.15, 0.2) is 55.7 Å². The first-order valence-electron chi connectivity index (χ1n) is 5.07. The summed E-state index contributed by atoms with van der Waals surface area (Å²) in [6.45, 7) is 0. The predicted octanol–water partition coefficient (Wildman–Crippen LogP) is 4.79. The Morgan fingerprint density at radius 2 is 2.11 bits per heavy atom. The van der Waals surface area contributed by atoms with Crippen LogP contribution in [0.3, 0.4) is 0 Å². The summed E-state index contributed by atoms with van der Waals surface area (Å²) in [5.41, 5.74) is 1.61. The van der Waals surface area contributed by atoms with Crippen molar-refractivity contribution < 1.29 is 4.42 Å². The van der Waals surface area contributed by atoms with Gasteiger partial charge in [-0.25, -0.2) is 9.97 Å². The fourth-order valence-electron chi connectivity index (χ4n) is 1.45. The van der Waals surface area contributed by atoms with Crippen molar-refractivity contribution in [3.63, 3.8) is 0 Å². The number of hydrogen-bond donors (Lipinski definition) is 0. The Bertz CT molecular complexity index is 683. The Morgan fingerprint density at radius 3 is 2.89 bits per heavy atom. The summed E-state index contributed by atoms with van der Waals surface area (Å²) in [6.07, 6.45) is 1.59. The van der Waals surface area contributed by atoms with E-state index in [1.54, 1.807) is 12.3 Å². The molecule has 2 heterocycles. The fourth-order valence-corrected chi connectivity index (χ4v) is 3.04. The fraction of sp³-hybridized carbons (Fsp3) is 0. The quantitative estimate of drug-likeness (QED) is 0.672. The Labute approximate surface area is 121 Å². The van der Waals surface area contributed by atoms with Crippen LogP contribution >= 0.6 is 39.3 Å². The van der Waals surface area contributed by atoms with Gasteiger partial charge in [0, 0.05) is 6.20 Å². The van der Waals surface area contributed by atoms with Gasteiger partial charge in [0.15, 0.2) is 5.58 Å². The van der Waals surface area contributed by atoms with Crippen LogP contribution in [0.2, 0.25) is 5.02 Å². The van der Waals surface area contributed by atoms with Crippen molar-refractivity contribution in [1.82, 2.24) is 9.97 Å². The van der Waals surface area contributed by atoms with Crippen molar-refractivity contribution >= 4 is 50.4 Å². The van der Waals surface area contributed by atoms with E-state index >= 15 is 0 Å².